The SMILES string of the molecule is OCCCCCCCCCCOc1cccc2cc(C3(c4ccc5c(OCCCCCCCCCCO)cccc5c4)c4ccccc4-c4ccccc43)ccc12. The van der Waals surface area contributed by atoms with E-state index in [4.69, 9.17) is 19.7 Å². The maximum Gasteiger partial charge on any atom is 0.127 e. The maximum absolute atomic E-state index is 8.99. The molecular weight excluding hydrogens is 701 g/mol. The minimum Gasteiger partial charge on any atom is -0.493 e. The van der Waals surface area contributed by atoms with Crippen molar-refractivity contribution in [2.24, 2.45) is 0 Å². The van der Waals surface area contributed by atoms with Crippen molar-refractivity contribution in [2.75, 3.05) is 26.4 Å². The zero-order valence-electron chi connectivity index (χ0n) is 33.9. The lowest BCUT2D eigenvalue weighted by molar-refractivity contribution is 0.281. The minimum atomic E-state index is -0.501. The van der Waals surface area contributed by atoms with Crippen LogP contribution in [0.5, 0.6) is 11.5 Å². The number of fused-ring (bicyclic) bond motifs is 5. The summed E-state index contributed by atoms with van der Waals surface area (Å²) in [5.74, 6) is 1.91. The van der Waals surface area contributed by atoms with E-state index in [1.807, 2.05) is 0 Å². The molecule has 1 aliphatic rings. The summed E-state index contributed by atoms with van der Waals surface area (Å²) in [6.07, 6.45) is 18.6. The molecule has 2 N–H and O–H groups in total. The van der Waals surface area contributed by atoms with Crippen LogP contribution in [-0.2, 0) is 5.41 Å². The van der Waals surface area contributed by atoms with Gasteiger partial charge >= 0.3 is 0 Å². The Morgan fingerprint density at radius 2 is 0.754 bits per heavy atom. The fraction of sp³-hybridized carbons (Fsp3) is 0.396. The van der Waals surface area contributed by atoms with Crippen LogP contribution in [0.4, 0.5) is 0 Å². The predicted octanol–water partition coefficient (Wildman–Crippen LogP) is 13.3. The van der Waals surface area contributed by atoms with Crippen LogP contribution in [0.2, 0.25) is 0 Å². The van der Waals surface area contributed by atoms with Crippen LogP contribution in [0, 0.1) is 0 Å². The van der Waals surface area contributed by atoms with Gasteiger partial charge in [-0.1, -0.05) is 174 Å². The van der Waals surface area contributed by atoms with Crippen molar-refractivity contribution in [1.82, 2.24) is 0 Å². The van der Waals surface area contributed by atoms with Crippen LogP contribution >= 0.6 is 0 Å². The van der Waals surface area contributed by atoms with Crippen LogP contribution in [0.3, 0.4) is 0 Å². The molecule has 4 heteroatoms. The highest BCUT2D eigenvalue weighted by atomic mass is 16.5. The predicted molar refractivity (Wildman–Crippen MR) is 238 cm³/mol. The standard InChI is InChI=1S/C53H62O4/c54-35-17-9-5-1-3-7-11-19-37-56-51-29-21-23-41-39-43(31-33-45(41)51)53(49-27-15-13-25-47(49)48-26-14-16-28-50(48)53)44-32-34-46-42(40-44)24-22-30-52(46)57-38-20-12-8-4-2-6-10-18-36-55/h13-16,21-34,39-40,54-55H,1-12,17-20,35-38H2. The first-order valence-corrected chi connectivity index (χ1v) is 22.0. The van der Waals surface area contributed by atoms with Crippen LogP contribution in [0.15, 0.2) is 121 Å². The Labute approximate surface area is 340 Å². The molecule has 0 aromatic heterocycles. The fourth-order valence-electron chi connectivity index (χ4n) is 9.16. The van der Waals surface area contributed by atoms with Gasteiger partial charge in [0, 0.05) is 24.0 Å². The lowest BCUT2D eigenvalue weighted by Crippen LogP contribution is -2.28. The third-order valence-corrected chi connectivity index (χ3v) is 12.1. The summed E-state index contributed by atoms with van der Waals surface area (Å²) in [6.45, 7) is 2.08. The van der Waals surface area contributed by atoms with Crippen molar-refractivity contribution >= 4 is 21.5 Å². The van der Waals surface area contributed by atoms with E-state index < -0.39 is 5.41 Å². The van der Waals surface area contributed by atoms with Gasteiger partial charge in [-0.25, -0.2) is 0 Å². The summed E-state index contributed by atoms with van der Waals surface area (Å²) in [4.78, 5) is 0. The van der Waals surface area contributed by atoms with Crippen LogP contribution in [0.25, 0.3) is 32.7 Å². The van der Waals surface area contributed by atoms with Gasteiger partial charge in [-0.2, -0.15) is 0 Å². The van der Waals surface area contributed by atoms with Crippen molar-refractivity contribution in [3.05, 3.63) is 144 Å². The lowest BCUT2D eigenvalue weighted by Gasteiger charge is -2.34. The molecule has 0 atom stereocenters. The summed E-state index contributed by atoms with van der Waals surface area (Å²) in [7, 11) is 0. The van der Waals surface area contributed by atoms with Gasteiger partial charge < -0.3 is 19.7 Å². The Morgan fingerprint density at radius 1 is 0.368 bits per heavy atom. The molecule has 0 radical (unpaired) electrons. The van der Waals surface area contributed by atoms with Gasteiger partial charge in [0.1, 0.15) is 11.5 Å². The second-order valence-corrected chi connectivity index (χ2v) is 16.0. The third-order valence-electron chi connectivity index (χ3n) is 12.1. The smallest absolute Gasteiger partial charge is 0.127 e. The van der Waals surface area contributed by atoms with Crippen molar-refractivity contribution in [3.8, 4) is 22.6 Å². The number of rotatable bonds is 24. The Morgan fingerprint density at radius 3 is 1.18 bits per heavy atom. The molecule has 298 valence electrons. The van der Waals surface area contributed by atoms with E-state index in [-0.39, 0.29) is 0 Å². The average Bonchev–Trinajstić information content (AvgIpc) is 3.55. The van der Waals surface area contributed by atoms with E-state index in [2.05, 4.69) is 121 Å². The van der Waals surface area contributed by atoms with Gasteiger partial charge in [0.25, 0.3) is 0 Å². The highest BCUT2D eigenvalue weighted by Crippen LogP contribution is 2.56. The van der Waals surface area contributed by atoms with E-state index in [9.17, 15) is 0 Å². The number of benzene rings is 6. The van der Waals surface area contributed by atoms with Crippen molar-refractivity contribution < 1.29 is 19.7 Å². The molecule has 0 amide bonds. The molecule has 0 fully saturated rings. The molecule has 4 nitrogen and oxygen atoms in total. The van der Waals surface area contributed by atoms with Gasteiger partial charge in [-0.05, 0) is 94.1 Å². The highest BCUT2D eigenvalue weighted by molar-refractivity contribution is 5.94. The summed E-state index contributed by atoms with van der Waals surface area (Å²) in [5, 5.41) is 22.7. The topological polar surface area (TPSA) is 58.9 Å². The Bertz CT molecular complexity index is 2010. The Balaban J connectivity index is 1.13. The van der Waals surface area contributed by atoms with E-state index in [0.717, 1.165) is 74.0 Å². The zero-order valence-corrected chi connectivity index (χ0v) is 33.9. The number of aliphatic hydroxyl groups is 2. The summed E-state index contributed by atoms with van der Waals surface area (Å²) in [5.41, 5.74) is 7.21. The van der Waals surface area contributed by atoms with Crippen molar-refractivity contribution in [3.63, 3.8) is 0 Å². The second kappa shape index (κ2) is 20.7. The van der Waals surface area contributed by atoms with Crippen LogP contribution < -0.4 is 9.47 Å². The number of ether oxygens (including phenoxy) is 2. The molecule has 0 saturated heterocycles. The zero-order chi connectivity index (χ0) is 39.1. The van der Waals surface area contributed by atoms with Gasteiger partial charge in [0.05, 0.1) is 18.6 Å². The van der Waals surface area contributed by atoms with Crippen LogP contribution in [0.1, 0.15) is 125 Å². The molecule has 7 rings (SSSR count). The van der Waals surface area contributed by atoms with E-state index >= 15 is 0 Å². The molecule has 57 heavy (non-hydrogen) atoms. The van der Waals surface area contributed by atoms with Gasteiger partial charge in [-0.3, -0.25) is 0 Å². The summed E-state index contributed by atoms with van der Waals surface area (Å²) >= 11 is 0. The number of hydrogen-bond acceptors (Lipinski definition) is 4. The molecule has 6 aromatic rings. The van der Waals surface area contributed by atoms with Crippen molar-refractivity contribution in [2.45, 2.75) is 108 Å². The summed E-state index contributed by atoms with van der Waals surface area (Å²) < 4.78 is 12.9. The highest BCUT2D eigenvalue weighted by Gasteiger charge is 2.46. The third kappa shape index (κ3) is 9.40. The lowest BCUT2D eigenvalue weighted by atomic mass is 9.67. The Kier molecular flexibility index (Phi) is 14.7. The monoisotopic (exact) mass is 762 g/mol. The van der Waals surface area contributed by atoms with E-state index in [0.29, 0.717) is 13.2 Å². The first-order valence-electron chi connectivity index (χ1n) is 22.0. The molecule has 0 saturated carbocycles. The molecule has 0 spiro atoms. The maximum atomic E-state index is 8.99. The van der Waals surface area contributed by atoms with Gasteiger partial charge in [-0.15, -0.1) is 0 Å². The fourth-order valence-corrected chi connectivity index (χ4v) is 9.16. The van der Waals surface area contributed by atoms with E-state index in [1.54, 1.807) is 0 Å². The largest absolute Gasteiger partial charge is 0.493 e. The number of aliphatic hydroxyl groups excluding tert-OH is 2. The molecule has 0 aliphatic heterocycles. The molecule has 0 bridgehead atoms. The first kappa shape index (κ1) is 40.6. The normalized spacial score (nSPS) is 12.9. The molecule has 1 aliphatic carbocycles. The molecule has 0 unspecified atom stereocenters. The average molecular weight is 763 g/mol. The Hall–Kier alpha value is -4.64. The van der Waals surface area contributed by atoms with Crippen molar-refractivity contribution in [1.29, 1.82) is 0 Å². The molecule has 6 aromatic carbocycles. The van der Waals surface area contributed by atoms with E-state index in [1.165, 1.54) is 108 Å². The second-order valence-electron chi connectivity index (χ2n) is 16.0. The quantitative estimate of drug-likeness (QED) is 0.0602. The molecule has 0 heterocycles. The number of hydrogen-bond donors (Lipinski definition) is 2. The van der Waals surface area contributed by atoms with Gasteiger partial charge in [0.15, 0.2) is 0 Å². The minimum absolute atomic E-state index is 0.313. The van der Waals surface area contributed by atoms with Gasteiger partial charge in [0.2, 0.25) is 0 Å². The number of unbranched alkanes of at least 4 members (excludes halogenated alkanes) is 14. The molecular formula is C53H62O4. The summed E-state index contributed by atoms with van der Waals surface area (Å²) in [6, 6.07) is 44.9. The van der Waals surface area contributed by atoms with Crippen LogP contribution in [-0.4, -0.2) is 36.6 Å². The first-order chi connectivity index (χ1) is 28.3.